The molecule has 0 aliphatic carbocycles. The van der Waals surface area contributed by atoms with Crippen molar-refractivity contribution in [2.45, 2.75) is 12.6 Å². The fourth-order valence-electron chi connectivity index (χ4n) is 3.36. The number of carbonyl (C=O) groups excluding carboxylic acids is 3. The molecule has 1 aliphatic heterocycles. The van der Waals surface area contributed by atoms with Crippen molar-refractivity contribution in [3.05, 3.63) is 64.4 Å². The average Bonchev–Trinajstić information content (AvgIpc) is 2.75. The van der Waals surface area contributed by atoms with E-state index in [-0.39, 0.29) is 42.5 Å². The Morgan fingerprint density at radius 3 is 2.39 bits per heavy atom. The Hall–Kier alpha value is -3.11. The zero-order valence-electron chi connectivity index (χ0n) is 16.4. The molecule has 1 fully saturated rings. The second-order valence-corrected chi connectivity index (χ2v) is 7.16. The van der Waals surface area contributed by atoms with Gasteiger partial charge in [-0.05, 0) is 30.7 Å². The lowest BCUT2D eigenvalue weighted by Crippen LogP contribution is -2.63. The molecule has 3 rings (SSSR count). The molecule has 1 aromatic carbocycles. The lowest BCUT2D eigenvalue weighted by Gasteiger charge is -2.42. The van der Waals surface area contributed by atoms with E-state index in [2.05, 4.69) is 10.3 Å². The molecular formula is C20H20ClF2N5O3. The highest BCUT2D eigenvalue weighted by Crippen LogP contribution is 2.23. The molecule has 0 saturated carbocycles. The van der Waals surface area contributed by atoms with Crippen LogP contribution in [-0.4, -0.2) is 64.9 Å². The van der Waals surface area contributed by atoms with Crippen LogP contribution in [0.25, 0.3) is 0 Å². The molecule has 3 N–H and O–H groups in total. The van der Waals surface area contributed by atoms with Crippen LogP contribution in [0, 0.1) is 11.6 Å². The molecule has 8 nitrogen and oxygen atoms in total. The standard InChI is InChI=1S/C20H20ClF2N5O3/c21-16-15(3-1-5-25-16)20(31)28-8-2-7-27(18(28)17(29)26-6-4-24)19(30)12-9-13(22)11-14(23)10-12/h1,3,5,9-11,18H,2,4,6-8,24H2,(H,26,29). The normalized spacial score (nSPS) is 16.2. The van der Waals surface area contributed by atoms with Crippen LogP contribution in [-0.2, 0) is 4.79 Å². The summed E-state index contributed by atoms with van der Waals surface area (Å²) in [5.41, 5.74) is 5.23. The summed E-state index contributed by atoms with van der Waals surface area (Å²) in [6.07, 6.45) is 0.394. The fourth-order valence-corrected chi connectivity index (χ4v) is 3.56. The van der Waals surface area contributed by atoms with E-state index in [1.165, 1.54) is 23.2 Å². The molecule has 1 unspecified atom stereocenters. The van der Waals surface area contributed by atoms with Crippen molar-refractivity contribution in [1.82, 2.24) is 20.1 Å². The Kier molecular flexibility index (Phi) is 7.13. The average molecular weight is 452 g/mol. The molecule has 1 aliphatic rings. The maximum Gasteiger partial charge on any atom is 0.263 e. The van der Waals surface area contributed by atoms with Crippen LogP contribution in [0.3, 0.4) is 0 Å². The summed E-state index contributed by atoms with van der Waals surface area (Å²) in [5.74, 6) is -3.90. The van der Waals surface area contributed by atoms with Gasteiger partial charge in [0.25, 0.3) is 17.7 Å². The largest absolute Gasteiger partial charge is 0.351 e. The zero-order valence-corrected chi connectivity index (χ0v) is 17.1. The molecular weight excluding hydrogens is 432 g/mol. The molecule has 0 radical (unpaired) electrons. The minimum Gasteiger partial charge on any atom is -0.351 e. The lowest BCUT2D eigenvalue weighted by molar-refractivity contribution is -0.132. The highest BCUT2D eigenvalue weighted by Gasteiger charge is 2.41. The summed E-state index contributed by atoms with van der Waals surface area (Å²) in [6, 6.07) is 5.36. The van der Waals surface area contributed by atoms with Crippen LogP contribution in [0.1, 0.15) is 27.1 Å². The second-order valence-electron chi connectivity index (χ2n) is 6.80. The van der Waals surface area contributed by atoms with Gasteiger partial charge in [-0.1, -0.05) is 11.6 Å². The molecule has 0 spiro atoms. The predicted molar refractivity (Wildman–Crippen MR) is 108 cm³/mol. The third kappa shape index (κ3) is 4.97. The van der Waals surface area contributed by atoms with E-state index < -0.39 is 35.5 Å². The van der Waals surface area contributed by atoms with E-state index in [4.69, 9.17) is 17.3 Å². The Labute approximate surface area is 182 Å². The predicted octanol–water partition coefficient (Wildman–Crippen LogP) is 1.40. The highest BCUT2D eigenvalue weighted by atomic mass is 35.5. The summed E-state index contributed by atoms with van der Waals surface area (Å²) < 4.78 is 27.3. The number of pyridine rings is 1. The summed E-state index contributed by atoms with van der Waals surface area (Å²) >= 11 is 6.04. The topological polar surface area (TPSA) is 109 Å². The van der Waals surface area contributed by atoms with E-state index in [0.29, 0.717) is 12.5 Å². The first-order valence-corrected chi connectivity index (χ1v) is 9.87. The van der Waals surface area contributed by atoms with Crippen LogP contribution in [0.2, 0.25) is 5.15 Å². The van der Waals surface area contributed by atoms with Crippen LogP contribution in [0.15, 0.2) is 36.5 Å². The van der Waals surface area contributed by atoms with Gasteiger partial charge in [0.2, 0.25) is 0 Å². The molecule has 3 amide bonds. The Balaban J connectivity index is 1.99. The smallest absolute Gasteiger partial charge is 0.263 e. The summed E-state index contributed by atoms with van der Waals surface area (Å²) in [7, 11) is 0. The Morgan fingerprint density at radius 2 is 1.77 bits per heavy atom. The van der Waals surface area contributed by atoms with Crippen molar-refractivity contribution in [3.63, 3.8) is 0 Å². The third-order valence-electron chi connectivity index (χ3n) is 4.69. The number of nitrogens with two attached hydrogens (primary N) is 1. The van der Waals surface area contributed by atoms with Gasteiger partial charge in [0.05, 0.1) is 5.56 Å². The highest BCUT2D eigenvalue weighted by molar-refractivity contribution is 6.32. The second kappa shape index (κ2) is 9.80. The number of hydrogen-bond acceptors (Lipinski definition) is 5. The summed E-state index contributed by atoms with van der Waals surface area (Å²) in [4.78, 5) is 45.3. The van der Waals surface area contributed by atoms with E-state index in [1.807, 2.05) is 0 Å². The maximum absolute atomic E-state index is 13.7. The Morgan fingerprint density at radius 1 is 1.13 bits per heavy atom. The molecule has 164 valence electrons. The fraction of sp³-hybridized carbons (Fsp3) is 0.300. The van der Waals surface area contributed by atoms with Gasteiger partial charge in [0.15, 0.2) is 6.17 Å². The number of amides is 3. The Bertz CT molecular complexity index is 986. The molecule has 1 saturated heterocycles. The minimum absolute atomic E-state index is 0.0516. The summed E-state index contributed by atoms with van der Waals surface area (Å²) in [6.45, 7) is 0.514. The van der Waals surface area contributed by atoms with E-state index in [0.717, 1.165) is 17.0 Å². The van der Waals surface area contributed by atoms with Gasteiger partial charge in [0, 0.05) is 44.0 Å². The first-order valence-electron chi connectivity index (χ1n) is 9.50. The van der Waals surface area contributed by atoms with Crippen LogP contribution in [0.5, 0.6) is 0 Å². The monoisotopic (exact) mass is 451 g/mol. The SMILES string of the molecule is NCCNC(=O)C1N(C(=O)c2cc(F)cc(F)c2)CCCN1C(=O)c1cccnc1Cl. The molecule has 31 heavy (non-hydrogen) atoms. The van der Waals surface area contributed by atoms with Crippen molar-refractivity contribution in [3.8, 4) is 0 Å². The number of aromatic nitrogens is 1. The molecule has 0 bridgehead atoms. The van der Waals surface area contributed by atoms with Gasteiger partial charge in [0.1, 0.15) is 16.8 Å². The lowest BCUT2D eigenvalue weighted by atomic mass is 10.1. The van der Waals surface area contributed by atoms with Crippen molar-refractivity contribution < 1.29 is 23.2 Å². The van der Waals surface area contributed by atoms with Crippen molar-refractivity contribution in [2.75, 3.05) is 26.2 Å². The zero-order chi connectivity index (χ0) is 22.5. The first kappa shape index (κ1) is 22.6. The number of carbonyl (C=O) groups is 3. The quantitative estimate of drug-likeness (QED) is 0.668. The van der Waals surface area contributed by atoms with Crippen LogP contribution in [0.4, 0.5) is 8.78 Å². The number of nitrogens with one attached hydrogen (secondary N) is 1. The van der Waals surface area contributed by atoms with Gasteiger partial charge in [-0.2, -0.15) is 0 Å². The third-order valence-corrected chi connectivity index (χ3v) is 4.99. The summed E-state index contributed by atoms with van der Waals surface area (Å²) in [5, 5.41) is 2.51. The number of halogens is 3. The van der Waals surface area contributed by atoms with Crippen LogP contribution < -0.4 is 11.1 Å². The van der Waals surface area contributed by atoms with E-state index in [1.54, 1.807) is 0 Å². The minimum atomic E-state index is -1.36. The molecule has 2 aromatic rings. The molecule has 11 heteroatoms. The van der Waals surface area contributed by atoms with Gasteiger partial charge in [-0.25, -0.2) is 13.8 Å². The van der Waals surface area contributed by atoms with Crippen molar-refractivity contribution in [1.29, 1.82) is 0 Å². The molecule has 1 atom stereocenters. The number of rotatable bonds is 5. The van der Waals surface area contributed by atoms with E-state index in [9.17, 15) is 23.2 Å². The maximum atomic E-state index is 13.7. The van der Waals surface area contributed by atoms with Gasteiger partial charge >= 0.3 is 0 Å². The first-order chi connectivity index (χ1) is 14.8. The number of nitrogens with zero attached hydrogens (tertiary/aromatic N) is 3. The van der Waals surface area contributed by atoms with Crippen LogP contribution >= 0.6 is 11.6 Å². The molecule has 2 heterocycles. The van der Waals surface area contributed by atoms with Crippen molar-refractivity contribution in [2.24, 2.45) is 5.73 Å². The number of hydrogen-bond donors (Lipinski definition) is 2. The number of benzene rings is 1. The molecule has 1 aromatic heterocycles. The van der Waals surface area contributed by atoms with Gasteiger partial charge < -0.3 is 20.9 Å². The van der Waals surface area contributed by atoms with Gasteiger partial charge in [-0.15, -0.1) is 0 Å². The van der Waals surface area contributed by atoms with Gasteiger partial charge in [-0.3, -0.25) is 14.4 Å². The van der Waals surface area contributed by atoms with Crippen molar-refractivity contribution >= 4 is 29.3 Å². The van der Waals surface area contributed by atoms with E-state index >= 15 is 0 Å².